The third kappa shape index (κ3) is 4.38. The van der Waals surface area contributed by atoms with Crippen LogP contribution in [0.3, 0.4) is 0 Å². The fourth-order valence-electron chi connectivity index (χ4n) is 2.08. The minimum Gasteiger partial charge on any atom is -0.490 e. The predicted molar refractivity (Wildman–Crippen MR) is 85.7 cm³/mol. The molecule has 0 aliphatic rings. The zero-order valence-electron chi connectivity index (χ0n) is 13.7. The van der Waals surface area contributed by atoms with E-state index < -0.39 is 16.4 Å². The summed E-state index contributed by atoms with van der Waals surface area (Å²) in [6.07, 6.45) is 2.17. The Morgan fingerprint density at radius 2 is 2.00 bits per heavy atom. The fourth-order valence-corrected chi connectivity index (χ4v) is 2.08. The van der Waals surface area contributed by atoms with Crippen LogP contribution in [-0.4, -0.2) is 42.6 Å². The van der Waals surface area contributed by atoms with Crippen molar-refractivity contribution in [1.82, 2.24) is 4.90 Å². The van der Waals surface area contributed by atoms with Crippen LogP contribution in [0.5, 0.6) is 5.75 Å². The standard InChI is InChI=1S/C16H20N2O5/c1-5-7-13(19)12(10-17(2)3)16(20)11-8-6-9-14(23-4)15(11)18(21)22/h6,8-10H,5,7H2,1-4H3/b12-10-. The van der Waals surface area contributed by atoms with Gasteiger partial charge in [0.05, 0.1) is 17.6 Å². The number of methoxy groups -OCH3 is 1. The van der Waals surface area contributed by atoms with Crippen molar-refractivity contribution in [3.8, 4) is 5.75 Å². The molecule has 0 unspecified atom stereocenters. The van der Waals surface area contributed by atoms with Crippen molar-refractivity contribution in [2.75, 3.05) is 21.2 Å². The average molecular weight is 320 g/mol. The minimum atomic E-state index is -0.678. The van der Waals surface area contributed by atoms with E-state index in [9.17, 15) is 19.7 Å². The molecule has 1 aromatic rings. The molecule has 0 atom stereocenters. The number of nitro benzene ring substituents is 1. The topological polar surface area (TPSA) is 89.8 Å². The second kappa shape index (κ2) is 8.07. The molecule has 0 saturated carbocycles. The molecule has 124 valence electrons. The molecular weight excluding hydrogens is 300 g/mol. The van der Waals surface area contributed by atoms with Gasteiger partial charge >= 0.3 is 5.69 Å². The van der Waals surface area contributed by atoms with E-state index >= 15 is 0 Å². The summed E-state index contributed by atoms with van der Waals surface area (Å²) in [7, 11) is 4.63. The van der Waals surface area contributed by atoms with Gasteiger partial charge in [-0.2, -0.15) is 0 Å². The van der Waals surface area contributed by atoms with Crippen molar-refractivity contribution in [2.45, 2.75) is 19.8 Å². The number of allylic oxidation sites excluding steroid dienone is 1. The molecule has 0 aliphatic carbocycles. The van der Waals surface area contributed by atoms with Gasteiger partial charge in [0.15, 0.2) is 11.5 Å². The third-order valence-corrected chi connectivity index (χ3v) is 3.06. The Kier molecular flexibility index (Phi) is 6.44. The molecule has 0 aromatic heterocycles. The Hall–Kier alpha value is -2.70. The van der Waals surface area contributed by atoms with Gasteiger partial charge in [-0.05, 0) is 18.6 Å². The van der Waals surface area contributed by atoms with Crippen LogP contribution < -0.4 is 4.74 Å². The highest BCUT2D eigenvalue weighted by molar-refractivity contribution is 6.27. The third-order valence-electron chi connectivity index (χ3n) is 3.06. The summed E-state index contributed by atoms with van der Waals surface area (Å²) in [5.74, 6) is -1.04. The number of rotatable bonds is 8. The lowest BCUT2D eigenvalue weighted by Gasteiger charge is -2.11. The monoisotopic (exact) mass is 320 g/mol. The van der Waals surface area contributed by atoms with Gasteiger partial charge in [0.25, 0.3) is 0 Å². The maximum atomic E-state index is 12.7. The molecule has 1 rings (SSSR count). The number of carbonyl (C=O) groups excluding carboxylic acids is 2. The van der Waals surface area contributed by atoms with E-state index in [1.54, 1.807) is 19.0 Å². The predicted octanol–water partition coefficient (Wildman–Crippen LogP) is 2.60. The smallest absolute Gasteiger partial charge is 0.322 e. The largest absolute Gasteiger partial charge is 0.490 e. The molecule has 0 amide bonds. The van der Waals surface area contributed by atoms with Gasteiger partial charge in [-0.1, -0.05) is 13.0 Å². The van der Waals surface area contributed by atoms with Crippen molar-refractivity contribution < 1.29 is 19.2 Å². The second-order valence-electron chi connectivity index (χ2n) is 5.12. The first-order chi connectivity index (χ1) is 10.8. The normalized spacial score (nSPS) is 11.0. The quantitative estimate of drug-likeness (QED) is 0.183. The second-order valence-corrected chi connectivity index (χ2v) is 5.12. The van der Waals surface area contributed by atoms with Crippen molar-refractivity contribution in [3.05, 3.63) is 45.6 Å². The Balaban J connectivity index is 3.46. The number of benzene rings is 1. The summed E-state index contributed by atoms with van der Waals surface area (Å²) < 4.78 is 4.96. The molecule has 0 spiro atoms. The first kappa shape index (κ1) is 18.3. The fraction of sp³-hybridized carbons (Fsp3) is 0.375. The Morgan fingerprint density at radius 3 is 2.48 bits per heavy atom. The van der Waals surface area contributed by atoms with Gasteiger partial charge in [0.1, 0.15) is 5.56 Å². The van der Waals surface area contributed by atoms with Crippen molar-refractivity contribution in [3.63, 3.8) is 0 Å². The minimum absolute atomic E-state index is 0.0204. The first-order valence-electron chi connectivity index (χ1n) is 7.11. The molecule has 23 heavy (non-hydrogen) atoms. The van der Waals surface area contributed by atoms with Gasteiger partial charge in [0.2, 0.25) is 5.78 Å². The van der Waals surface area contributed by atoms with E-state index in [0.29, 0.717) is 6.42 Å². The number of nitrogens with zero attached hydrogens (tertiary/aromatic N) is 2. The number of hydrogen-bond acceptors (Lipinski definition) is 6. The number of hydrogen-bond donors (Lipinski definition) is 0. The molecule has 0 N–H and O–H groups in total. The Bertz CT molecular complexity index is 650. The molecule has 0 radical (unpaired) electrons. The summed E-state index contributed by atoms with van der Waals surface area (Å²) in [6.45, 7) is 1.82. The number of Topliss-reactive ketones (excluding diaryl/α,β-unsaturated/α-hetero) is 2. The number of para-hydroxylation sites is 1. The highest BCUT2D eigenvalue weighted by Crippen LogP contribution is 2.32. The summed E-state index contributed by atoms with van der Waals surface area (Å²) in [6, 6.07) is 4.21. The van der Waals surface area contributed by atoms with Gasteiger partial charge in [-0.15, -0.1) is 0 Å². The van der Waals surface area contributed by atoms with E-state index in [0.717, 1.165) is 0 Å². The lowest BCUT2D eigenvalue weighted by Crippen LogP contribution is -2.18. The van der Waals surface area contributed by atoms with Gasteiger partial charge in [0, 0.05) is 26.7 Å². The average Bonchev–Trinajstić information content (AvgIpc) is 2.50. The van der Waals surface area contributed by atoms with Crippen LogP contribution in [-0.2, 0) is 4.79 Å². The SMILES string of the molecule is CCCC(=O)/C(=C/N(C)C)C(=O)c1cccc(OC)c1[N+](=O)[O-]. The summed E-state index contributed by atoms with van der Waals surface area (Å²) in [5.41, 5.74) is -0.672. The van der Waals surface area contributed by atoms with Crippen LogP contribution in [0.25, 0.3) is 0 Å². The Morgan fingerprint density at radius 1 is 1.35 bits per heavy atom. The molecule has 0 fully saturated rings. The molecular formula is C16H20N2O5. The van der Waals surface area contributed by atoms with E-state index in [4.69, 9.17) is 4.74 Å². The van der Waals surface area contributed by atoms with Crippen molar-refractivity contribution in [2.24, 2.45) is 0 Å². The number of nitro groups is 1. The van der Waals surface area contributed by atoms with Gasteiger partial charge in [-0.25, -0.2) is 0 Å². The molecule has 7 nitrogen and oxygen atoms in total. The zero-order chi connectivity index (χ0) is 17.6. The van der Waals surface area contributed by atoms with Gasteiger partial charge < -0.3 is 9.64 Å². The van der Waals surface area contributed by atoms with E-state index in [-0.39, 0.29) is 29.1 Å². The van der Waals surface area contributed by atoms with Crippen LogP contribution in [0.1, 0.15) is 30.1 Å². The highest BCUT2D eigenvalue weighted by Gasteiger charge is 2.29. The molecule has 0 bridgehead atoms. The lowest BCUT2D eigenvalue weighted by molar-refractivity contribution is -0.386. The number of ether oxygens (including phenoxy) is 1. The van der Waals surface area contributed by atoms with Crippen molar-refractivity contribution >= 4 is 17.3 Å². The maximum Gasteiger partial charge on any atom is 0.322 e. The molecule has 0 heterocycles. The lowest BCUT2D eigenvalue weighted by atomic mass is 9.97. The molecule has 0 saturated heterocycles. The first-order valence-corrected chi connectivity index (χ1v) is 7.11. The highest BCUT2D eigenvalue weighted by atomic mass is 16.6. The summed E-state index contributed by atoms with van der Waals surface area (Å²) in [4.78, 5) is 37.1. The van der Waals surface area contributed by atoms with E-state index in [1.165, 1.54) is 31.5 Å². The van der Waals surface area contributed by atoms with E-state index in [1.807, 2.05) is 6.92 Å². The number of carbonyl (C=O) groups is 2. The van der Waals surface area contributed by atoms with E-state index in [2.05, 4.69) is 0 Å². The van der Waals surface area contributed by atoms with Crippen LogP contribution in [0.4, 0.5) is 5.69 Å². The van der Waals surface area contributed by atoms with Gasteiger partial charge in [-0.3, -0.25) is 19.7 Å². The number of ketones is 2. The van der Waals surface area contributed by atoms with Crippen LogP contribution in [0.2, 0.25) is 0 Å². The molecule has 0 aliphatic heterocycles. The summed E-state index contributed by atoms with van der Waals surface area (Å²) >= 11 is 0. The summed E-state index contributed by atoms with van der Waals surface area (Å²) in [5, 5.41) is 11.3. The van der Waals surface area contributed by atoms with Crippen molar-refractivity contribution in [1.29, 1.82) is 0 Å². The molecule has 7 heteroatoms. The van der Waals surface area contributed by atoms with Crippen LogP contribution >= 0.6 is 0 Å². The van der Waals surface area contributed by atoms with Crippen LogP contribution in [0.15, 0.2) is 30.0 Å². The zero-order valence-corrected chi connectivity index (χ0v) is 13.7. The Labute approximate surface area is 134 Å². The maximum absolute atomic E-state index is 12.7. The molecule has 1 aromatic carbocycles. The van der Waals surface area contributed by atoms with Crippen LogP contribution in [0, 0.1) is 10.1 Å².